The highest BCUT2D eigenvalue weighted by Crippen LogP contribution is 2.24. The first kappa shape index (κ1) is 7.88. The fraction of sp³-hybridized carbons (Fsp3) is 0.125. The van der Waals surface area contributed by atoms with Gasteiger partial charge in [0.05, 0.1) is 11.4 Å². The Kier molecular flexibility index (Phi) is 1.79. The molecule has 0 saturated heterocycles. The third-order valence-electron chi connectivity index (χ3n) is 1.83. The second kappa shape index (κ2) is 2.95. The van der Waals surface area contributed by atoms with Crippen LogP contribution in [0.4, 0.5) is 16.2 Å². The molecule has 0 spiro atoms. The molecule has 5 nitrogen and oxygen atoms in total. The Balaban J connectivity index is 2.36. The van der Waals surface area contributed by atoms with E-state index in [0.717, 1.165) is 11.3 Å². The number of nitrogens with one attached hydrogen (secondary N) is 2. The highest BCUT2D eigenvalue weighted by atomic mass is 16.5. The lowest BCUT2D eigenvalue weighted by atomic mass is 10.1. The molecule has 13 heavy (non-hydrogen) atoms. The molecule has 1 aliphatic rings. The number of cyclic esters (lactones) is 1. The average molecular weight is 180 g/mol. The number of benzene rings is 1. The van der Waals surface area contributed by atoms with E-state index in [4.69, 9.17) is 9.94 Å². The van der Waals surface area contributed by atoms with Crippen LogP contribution in [0.3, 0.4) is 0 Å². The zero-order valence-electron chi connectivity index (χ0n) is 6.70. The van der Waals surface area contributed by atoms with Crippen molar-refractivity contribution in [1.82, 2.24) is 0 Å². The van der Waals surface area contributed by atoms with E-state index in [-0.39, 0.29) is 6.61 Å². The van der Waals surface area contributed by atoms with Crippen LogP contribution >= 0.6 is 0 Å². The van der Waals surface area contributed by atoms with Gasteiger partial charge in [-0.15, -0.1) is 0 Å². The maximum absolute atomic E-state index is 10.8. The molecule has 1 heterocycles. The molecule has 1 aliphatic heterocycles. The second-order valence-electron chi connectivity index (χ2n) is 2.68. The number of amides is 1. The molecule has 1 aromatic rings. The van der Waals surface area contributed by atoms with Gasteiger partial charge in [-0.25, -0.2) is 4.79 Å². The number of anilines is 2. The summed E-state index contributed by atoms with van der Waals surface area (Å²) in [5.74, 6) is 0. The standard InChI is InChI=1S/C8H8N2O3/c11-8-9-7-2-1-6(10-12)3-5(7)4-13-8/h1-3,10,12H,4H2,(H,9,11). The molecular formula is C8H8N2O3. The number of carbonyl (C=O) groups is 1. The number of rotatable bonds is 1. The molecule has 0 unspecified atom stereocenters. The fourth-order valence-electron chi connectivity index (χ4n) is 1.19. The van der Waals surface area contributed by atoms with Crippen molar-refractivity contribution in [2.24, 2.45) is 0 Å². The second-order valence-corrected chi connectivity index (χ2v) is 2.68. The van der Waals surface area contributed by atoms with E-state index in [9.17, 15) is 4.79 Å². The number of carbonyl (C=O) groups excluding carboxylic acids is 1. The summed E-state index contributed by atoms with van der Waals surface area (Å²) < 4.78 is 4.74. The summed E-state index contributed by atoms with van der Waals surface area (Å²) in [4.78, 5) is 10.8. The van der Waals surface area contributed by atoms with Gasteiger partial charge in [-0.2, -0.15) is 0 Å². The minimum absolute atomic E-state index is 0.233. The lowest BCUT2D eigenvalue weighted by Gasteiger charge is -2.17. The maximum Gasteiger partial charge on any atom is 0.411 e. The largest absolute Gasteiger partial charge is 0.444 e. The summed E-state index contributed by atoms with van der Waals surface area (Å²) in [5.41, 5.74) is 4.14. The van der Waals surface area contributed by atoms with Gasteiger partial charge in [0.2, 0.25) is 0 Å². The molecule has 0 radical (unpaired) electrons. The van der Waals surface area contributed by atoms with E-state index in [1.807, 2.05) is 5.48 Å². The Morgan fingerprint density at radius 3 is 3.15 bits per heavy atom. The topological polar surface area (TPSA) is 70.6 Å². The van der Waals surface area contributed by atoms with Gasteiger partial charge in [-0.05, 0) is 18.2 Å². The minimum Gasteiger partial charge on any atom is -0.444 e. The highest BCUT2D eigenvalue weighted by Gasteiger charge is 2.15. The summed E-state index contributed by atoms with van der Waals surface area (Å²) in [6, 6.07) is 5.06. The van der Waals surface area contributed by atoms with Gasteiger partial charge >= 0.3 is 6.09 Å². The van der Waals surface area contributed by atoms with Crippen LogP contribution in [0.15, 0.2) is 18.2 Å². The summed E-state index contributed by atoms with van der Waals surface area (Å²) in [7, 11) is 0. The average Bonchev–Trinajstić information content (AvgIpc) is 2.17. The van der Waals surface area contributed by atoms with Crippen LogP contribution < -0.4 is 10.8 Å². The van der Waals surface area contributed by atoms with Gasteiger partial charge in [0, 0.05) is 5.56 Å². The molecule has 1 aromatic carbocycles. The summed E-state index contributed by atoms with van der Waals surface area (Å²) >= 11 is 0. The zero-order chi connectivity index (χ0) is 9.26. The smallest absolute Gasteiger partial charge is 0.411 e. The van der Waals surface area contributed by atoms with Crippen LogP contribution in [0.2, 0.25) is 0 Å². The van der Waals surface area contributed by atoms with Crippen molar-refractivity contribution in [1.29, 1.82) is 0 Å². The minimum atomic E-state index is -0.447. The predicted octanol–water partition coefficient (Wildman–Crippen LogP) is 1.55. The summed E-state index contributed by atoms with van der Waals surface area (Å²) in [6.07, 6.45) is -0.447. The predicted molar refractivity (Wildman–Crippen MR) is 45.7 cm³/mol. The van der Waals surface area contributed by atoms with Crippen LogP contribution in [0.5, 0.6) is 0 Å². The van der Waals surface area contributed by atoms with Gasteiger partial charge in [0.15, 0.2) is 0 Å². The van der Waals surface area contributed by atoms with E-state index in [1.165, 1.54) is 0 Å². The molecule has 68 valence electrons. The molecule has 0 aromatic heterocycles. The van der Waals surface area contributed by atoms with Crippen molar-refractivity contribution in [3.8, 4) is 0 Å². The Hall–Kier alpha value is -1.75. The fourth-order valence-corrected chi connectivity index (χ4v) is 1.19. The first-order valence-corrected chi connectivity index (χ1v) is 3.76. The molecule has 0 atom stereocenters. The first-order chi connectivity index (χ1) is 6.29. The van der Waals surface area contributed by atoms with Gasteiger partial charge in [-0.1, -0.05) is 0 Å². The van der Waals surface area contributed by atoms with Crippen LogP contribution in [0, 0.1) is 0 Å². The molecule has 2 rings (SSSR count). The summed E-state index contributed by atoms with van der Waals surface area (Å²) in [6.45, 7) is 0.233. The van der Waals surface area contributed by atoms with Crippen molar-refractivity contribution in [2.75, 3.05) is 10.8 Å². The number of ether oxygens (including phenoxy) is 1. The van der Waals surface area contributed by atoms with E-state index in [1.54, 1.807) is 18.2 Å². The van der Waals surface area contributed by atoms with Crippen LogP contribution in [-0.4, -0.2) is 11.3 Å². The Bertz CT molecular complexity index is 351. The monoisotopic (exact) mass is 180 g/mol. The zero-order valence-corrected chi connectivity index (χ0v) is 6.70. The molecule has 0 aliphatic carbocycles. The maximum atomic E-state index is 10.8. The highest BCUT2D eigenvalue weighted by molar-refractivity contribution is 5.87. The third-order valence-corrected chi connectivity index (χ3v) is 1.83. The summed E-state index contributed by atoms with van der Waals surface area (Å²) in [5, 5.41) is 11.2. The lowest BCUT2D eigenvalue weighted by Crippen LogP contribution is -2.20. The molecule has 5 heteroatoms. The normalized spacial score (nSPS) is 14.1. The molecular weight excluding hydrogens is 172 g/mol. The van der Waals surface area contributed by atoms with Crippen LogP contribution in [0.1, 0.15) is 5.56 Å². The molecule has 1 amide bonds. The van der Waals surface area contributed by atoms with Crippen LogP contribution in [-0.2, 0) is 11.3 Å². The van der Waals surface area contributed by atoms with Crippen molar-refractivity contribution in [3.05, 3.63) is 23.8 Å². The number of hydrogen-bond donors (Lipinski definition) is 3. The molecule has 0 bridgehead atoms. The first-order valence-electron chi connectivity index (χ1n) is 3.76. The van der Waals surface area contributed by atoms with E-state index < -0.39 is 6.09 Å². The third kappa shape index (κ3) is 1.41. The van der Waals surface area contributed by atoms with Crippen molar-refractivity contribution < 1.29 is 14.7 Å². The molecule has 0 fully saturated rings. The number of fused-ring (bicyclic) bond motifs is 1. The van der Waals surface area contributed by atoms with Crippen molar-refractivity contribution in [3.63, 3.8) is 0 Å². The lowest BCUT2D eigenvalue weighted by molar-refractivity contribution is 0.151. The molecule has 3 N–H and O–H groups in total. The SMILES string of the molecule is O=C1Nc2ccc(NO)cc2CO1. The van der Waals surface area contributed by atoms with Gasteiger partial charge in [0.1, 0.15) is 6.61 Å². The van der Waals surface area contributed by atoms with E-state index >= 15 is 0 Å². The Morgan fingerprint density at radius 2 is 2.38 bits per heavy atom. The van der Waals surface area contributed by atoms with Gasteiger partial charge in [0.25, 0.3) is 0 Å². The quantitative estimate of drug-likeness (QED) is 0.573. The van der Waals surface area contributed by atoms with Crippen LogP contribution in [0.25, 0.3) is 0 Å². The Morgan fingerprint density at radius 1 is 1.54 bits per heavy atom. The molecule has 0 saturated carbocycles. The number of hydrogen-bond acceptors (Lipinski definition) is 4. The van der Waals surface area contributed by atoms with Crippen molar-refractivity contribution >= 4 is 17.5 Å². The van der Waals surface area contributed by atoms with Crippen molar-refractivity contribution in [2.45, 2.75) is 6.61 Å². The van der Waals surface area contributed by atoms with E-state index in [2.05, 4.69) is 5.32 Å². The van der Waals surface area contributed by atoms with E-state index in [0.29, 0.717) is 5.69 Å². The van der Waals surface area contributed by atoms with Gasteiger partial charge in [-0.3, -0.25) is 16.0 Å². The Labute approximate surface area is 74.3 Å². The van der Waals surface area contributed by atoms with Gasteiger partial charge < -0.3 is 4.74 Å².